The Balaban J connectivity index is 1.67. The van der Waals surface area contributed by atoms with Crippen molar-refractivity contribution in [1.29, 1.82) is 0 Å². The average Bonchev–Trinajstić information content (AvgIpc) is 2.67. The van der Waals surface area contributed by atoms with Crippen molar-refractivity contribution in [2.45, 2.75) is 26.1 Å². The maximum Gasteiger partial charge on any atom is 0.139 e. The van der Waals surface area contributed by atoms with Gasteiger partial charge in [-0.15, -0.1) is 0 Å². The predicted molar refractivity (Wildman–Crippen MR) is 110 cm³/mol. The number of benzene rings is 1. The standard InChI is InChI=1S/C20H23BrN4O2/c1-12-10-25(11-13(2)27-12)18-8-7-17(23-24-18)15-9-22-19-14(20(15)26-3)5-4-6-16(19)21/h4-9,12-13,23-24H,10-11H2,1-3H3/t12-,13+. The summed E-state index contributed by atoms with van der Waals surface area (Å²) in [5.41, 5.74) is 9.32. The van der Waals surface area contributed by atoms with Gasteiger partial charge in [-0.05, 0) is 54.1 Å². The summed E-state index contributed by atoms with van der Waals surface area (Å²) in [4.78, 5) is 6.91. The molecule has 27 heavy (non-hydrogen) atoms. The molecule has 2 atom stereocenters. The first kappa shape index (κ1) is 18.1. The topological polar surface area (TPSA) is 58.7 Å². The lowest BCUT2D eigenvalue weighted by Gasteiger charge is -2.39. The molecule has 1 aromatic carbocycles. The van der Waals surface area contributed by atoms with E-state index < -0.39 is 0 Å². The van der Waals surface area contributed by atoms with Crippen LogP contribution in [0.1, 0.15) is 19.4 Å². The van der Waals surface area contributed by atoms with Gasteiger partial charge in [0.15, 0.2) is 0 Å². The molecule has 1 aromatic heterocycles. The fourth-order valence-corrected chi connectivity index (χ4v) is 4.14. The van der Waals surface area contributed by atoms with Crippen LogP contribution >= 0.6 is 15.9 Å². The molecule has 0 aliphatic carbocycles. The molecule has 6 nitrogen and oxygen atoms in total. The largest absolute Gasteiger partial charge is 0.495 e. The second kappa shape index (κ2) is 7.40. The van der Waals surface area contributed by atoms with Crippen LogP contribution in [-0.2, 0) is 4.74 Å². The molecule has 0 radical (unpaired) electrons. The number of pyridine rings is 1. The first-order valence-corrected chi connectivity index (χ1v) is 9.82. The molecule has 1 saturated heterocycles. The number of methoxy groups -OCH3 is 1. The fourth-order valence-electron chi connectivity index (χ4n) is 3.67. The van der Waals surface area contributed by atoms with Gasteiger partial charge >= 0.3 is 0 Å². The van der Waals surface area contributed by atoms with Crippen molar-refractivity contribution in [1.82, 2.24) is 20.7 Å². The number of morpholine rings is 1. The summed E-state index contributed by atoms with van der Waals surface area (Å²) in [6.45, 7) is 5.93. The molecule has 2 aromatic rings. The third-order valence-corrected chi connectivity index (χ3v) is 5.43. The molecule has 0 unspecified atom stereocenters. The summed E-state index contributed by atoms with van der Waals surface area (Å²) in [7, 11) is 1.69. The van der Waals surface area contributed by atoms with Crippen LogP contribution in [0.5, 0.6) is 5.75 Å². The summed E-state index contributed by atoms with van der Waals surface area (Å²) in [6, 6.07) is 5.98. The van der Waals surface area contributed by atoms with Gasteiger partial charge in [0.1, 0.15) is 11.6 Å². The molecule has 0 bridgehead atoms. The number of fused-ring (bicyclic) bond motifs is 1. The number of nitrogens with one attached hydrogen (secondary N) is 2. The molecule has 7 heteroatoms. The van der Waals surface area contributed by atoms with Gasteiger partial charge in [-0.25, -0.2) is 0 Å². The molecule has 0 saturated carbocycles. The Morgan fingerprint density at radius 3 is 2.63 bits per heavy atom. The van der Waals surface area contributed by atoms with E-state index in [1.54, 1.807) is 7.11 Å². The van der Waals surface area contributed by atoms with Crippen molar-refractivity contribution < 1.29 is 9.47 Å². The van der Waals surface area contributed by atoms with E-state index in [0.29, 0.717) is 0 Å². The number of hydrogen-bond donors (Lipinski definition) is 2. The highest BCUT2D eigenvalue weighted by atomic mass is 79.9. The number of nitrogens with zero attached hydrogens (tertiary/aromatic N) is 2. The molecular formula is C20H23BrN4O2. The number of rotatable bonds is 3. The number of aromatic nitrogens is 1. The quantitative estimate of drug-likeness (QED) is 0.777. The van der Waals surface area contributed by atoms with Crippen molar-refractivity contribution in [2.75, 3.05) is 20.2 Å². The van der Waals surface area contributed by atoms with E-state index in [1.165, 1.54) is 0 Å². The molecule has 142 valence electrons. The third-order valence-electron chi connectivity index (χ3n) is 4.79. The van der Waals surface area contributed by atoms with E-state index in [2.05, 4.69) is 62.7 Å². The minimum Gasteiger partial charge on any atom is -0.495 e. The second-order valence-corrected chi connectivity index (χ2v) is 7.74. The summed E-state index contributed by atoms with van der Waals surface area (Å²) >= 11 is 3.56. The lowest BCUT2D eigenvalue weighted by molar-refractivity contribution is -0.0599. The number of halogens is 1. The van der Waals surface area contributed by atoms with Crippen LogP contribution in [-0.4, -0.2) is 42.3 Å². The van der Waals surface area contributed by atoms with Gasteiger partial charge in [0.2, 0.25) is 0 Å². The van der Waals surface area contributed by atoms with Crippen molar-refractivity contribution in [3.63, 3.8) is 0 Å². The highest BCUT2D eigenvalue weighted by molar-refractivity contribution is 9.10. The van der Waals surface area contributed by atoms with E-state index in [9.17, 15) is 0 Å². The Morgan fingerprint density at radius 2 is 1.96 bits per heavy atom. The minimum absolute atomic E-state index is 0.213. The number of ether oxygens (including phenoxy) is 2. The van der Waals surface area contributed by atoms with Crippen molar-refractivity contribution in [3.05, 3.63) is 52.4 Å². The Labute approximate surface area is 167 Å². The first-order chi connectivity index (χ1) is 13.1. The summed E-state index contributed by atoms with van der Waals surface area (Å²) in [5, 5.41) is 0.970. The lowest BCUT2D eigenvalue weighted by atomic mass is 10.1. The molecular weight excluding hydrogens is 408 g/mol. The SMILES string of the molecule is COc1c(C2=CC=C(N3C[C@@H](C)O[C@@H](C)C3)NN2)cnc2c(Br)cccc12. The zero-order valence-electron chi connectivity index (χ0n) is 15.6. The van der Waals surface area contributed by atoms with Crippen molar-refractivity contribution >= 4 is 32.5 Å². The van der Waals surface area contributed by atoms with Gasteiger partial charge in [-0.3, -0.25) is 15.8 Å². The minimum atomic E-state index is 0.213. The summed E-state index contributed by atoms with van der Waals surface area (Å²) in [6.07, 6.45) is 6.40. The van der Waals surface area contributed by atoms with Crippen molar-refractivity contribution in [2.24, 2.45) is 0 Å². The molecule has 2 aliphatic heterocycles. The van der Waals surface area contributed by atoms with E-state index >= 15 is 0 Å². The number of hydrogen-bond acceptors (Lipinski definition) is 6. The van der Waals surface area contributed by atoms with Crippen LogP contribution in [0.3, 0.4) is 0 Å². The molecule has 0 amide bonds. The van der Waals surface area contributed by atoms with Crippen molar-refractivity contribution in [3.8, 4) is 5.75 Å². The normalized spacial score (nSPS) is 22.6. The highest BCUT2D eigenvalue weighted by Crippen LogP contribution is 2.35. The molecule has 3 heterocycles. The fraction of sp³-hybridized carbons (Fsp3) is 0.350. The predicted octanol–water partition coefficient (Wildman–Crippen LogP) is 3.41. The van der Waals surface area contributed by atoms with Gasteiger partial charge < -0.3 is 14.4 Å². The average molecular weight is 431 g/mol. The Bertz CT molecular complexity index is 918. The van der Waals surface area contributed by atoms with E-state index in [4.69, 9.17) is 9.47 Å². The Hall–Kier alpha value is -2.25. The van der Waals surface area contributed by atoms with Crippen LogP contribution in [0.15, 0.2) is 46.8 Å². The van der Waals surface area contributed by atoms with Crippen LogP contribution in [0.25, 0.3) is 16.6 Å². The molecule has 1 fully saturated rings. The third kappa shape index (κ3) is 3.49. The summed E-state index contributed by atoms with van der Waals surface area (Å²) < 4.78 is 12.5. The highest BCUT2D eigenvalue weighted by Gasteiger charge is 2.25. The number of hydrazine groups is 1. The number of allylic oxidation sites excluding steroid dienone is 2. The maximum atomic E-state index is 5.82. The van der Waals surface area contributed by atoms with E-state index in [0.717, 1.165) is 51.3 Å². The van der Waals surface area contributed by atoms with Gasteiger partial charge in [-0.1, -0.05) is 6.07 Å². The number of para-hydroxylation sites is 1. The molecule has 4 rings (SSSR count). The molecule has 2 aliphatic rings. The maximum absolute atomic E-state index is 5.82. The van der Waals surface area contributed by atoms with Gasteiger partial charge in [0.05, 0.1) is 36.1 Å². The molecule has 2 N–H and O–H groups in total. The zero-order chi connectivity index (χ0) is 19.0. The van der Waals surface area contributed by atoms with Crippen LogP contribution in [0.2, 0.25) is 0 Å². The van der Waals surface area contributed by atoms with Gasteiger partial charge in [0.25, 0.3) is 0 Å². The van der Waals surface area contributed by atoms with E-state index in [-0.39, 0.29) is 12.2 Å². The van der Waals surface area contributed by atoms with Crippen LogP contribution in [0, 0.1) is 0 Å². The summed E-state index contributed by atoms with van der Waals surface area (Å²) in [5.74, 6) is 1.84. The Kier molecular flexibility index (Phi) is 4.97. The molecule has 0 spiro atoms. The van der Waals surface area contributed by atoms with Crippen LogP contribution < -0.4 is 15.6 Å². The monoisotopic (exact) mass is 430 g/mol. The second-order valence-electron chi connectivity index (χ2n) is 6.89. The van der Waals surface area contributed by atoms with Crippen LogP contribution in [0.4, 0.5) is 0 Å². The Morgan fingerprint density at radius 1 is 1.19 bits per heavy atom. The smallest absolute Gasteiger partial charge is 0.139 e. The van der Waals surface area contributed by atoms with E-state index in [1.807, 2.05) is 24.4 Å². The van der Waals surface area contributed by atoms with Gasteiger partial charge in [-0.2, -0.15) is 0 Å². The lowest BCUT2D eigenvalue weighted by Crippen LogP contribution is -2.50. The van der Waals surface area contributed by atoms with Gasteiger partial charge in [0, 0.05) is 29.1 Å². The first-order valence-electron chi connectivity index (χ1n) is 9.03. The zero-order valence-corrected chi connectivity index (χ0v) is 17.2.